The largest absolute Gasteiger partial charge is 0.467 e. The molecule has 0 spiro atoms. The Balaban J connectivity index is 2.51. The summed E-state index contributed by atoms with van der Waals surface area (Å²) in [5, 5.41) is 2.75. The Morgan fingerprint density at radius 1 is 1.73 bits per heavy atom. The lowest BCUT2D eigenvalue weighted by Crippen LogP contribution is -2.41. The molecule has 0 radical (unpaired) electrons. The van der Waals surface area contributed by atoms with Crippen LogP contribution in [0.15, 0.2) is 22.8 Å². The average Bonchev–Trinajstić information content (AvgIpc) is 2.72. The summed E-state index contributed by atoms with van der Waals surface area (Å²) in [4.78, 5) is 11.6. The van der Waals surface area contributed by atoms with Crippen LogP contribution in [-0.4, -0.2) is 25.7 Å². The van der Waals surface area contributed by atoms with Gasteiger partial charge in [-0.25, -0.2) is 0 Å². The number of hydrogen-bond acceptors (Lipinski definition) is 4. The number of rotatable bonds is 5. The third kappa shape index (κ3) is 3.07. The van der Waals surface area contributed by atoms with Gasteiger partial charge in [-0.3, -0.25) is 4.79 Å². The number of amides is 1. The van der Waals surface area contributed by atoms with Gasteiger partial charge in [-0.2, -0.15) is 0 Å². The fraction of sp³-hybridized carbons (Fsp3) is 0.500. The molecular formula is C10H16N2O3. The van der Waals surface area contributed by atoms with Crippen LogP contribution in [0, 0.1) is 0 Å². The molecule has 0 aliphatic carbocycles. The van der Waals surface area contributed by atoms with Crippen LogP contribution in [0.2, 0.25) is 0 Å². The fourth-order valence-electron chi connectivity index (χ4n) is 1.23. The van der Waals surface area contributed by atoms with E-state index in [0.29, 0.717) is 5.76 Å². The van der Waals surface area contributed by atoms with Crippen LogP contribution in [-0.2, 0) is 9.53 Å². The minimum atomic E-state index is -0.609. The standard InChI is InChI=1S/C10H16N2O3/c1-7(8-4-3-5-15-8)12-10(13)9(6-11)14-2/h3-5,7,9H,6,11H2,1-2H3,(H,12,13)/t7-,9?/m0/s1. The van der Waals surface area contributed by atoms with E-state index >= 15 is 0 Å². The van der Waals surface area contributed by atoms with Crippen molar-refractivity contribution in [2.75, 3.05) is 13.7 Å². The minimum Gasteiger partial charge on any atom is -0.467 e. The summed E-state index contributed by atoms with van der Waals surface area (Å²) in [6.45, 7) is 1.99. The maximum atomic E-state index is 11.6. The summed E-state index contributed by atoms with van der Waals surface area (Å²) in [7, 11) is 1.45. The Kier molecular flexibility index (Phi) is 4.33. The molecule has 2 atom stereocenters. The van der Waals surface area contributed by atoms with Crippen LogP contribution < -0.4 is 11.1 Å². The second-order valence-corrected chi connectivity index (χ2v) is 3.21. The molecule has 5 heteroatoms. The number of ether oxygens (including phenoxy) is 1. The molecule has 1 amide bonds. The number of nitrogens with two attached hydrogens (primary N) is 1. The topological polar surface area (TPSA) is 77.5 Å². The summed E-state index contributed by atoms with van der Waals surface area (Å²) in [5.74, 6) is 0.471. The summed E-state index contributed by atoms with van der Waals surface area (Å²) in [6.07, 6.45) is 0.955. The van der Waals surface area contributed by atoms with Gasteiger partial charge in [0, 0.05) is 13.7 Å². The molecule has 1 aromatic rings. The molecule has 0 aromatic carbocycles. The van der Waals surface area contributed by atoms with Crippen molar-refractivity contribution in [2.45, 2.75) is 19.1 Å². The summed E-state index contributed by atoms with van der Waals surface area (Å²) in [6, 6.07) is 3.39. The molecule has 5 nitrogen and oxygen atoms in total. The van der Waals surface area contributed by atoms with Crippen molar-refractivity contribution >= 4 is 5.91 Å². The quantitative estimate of drug-likeness (QED) is 0.742. The molecule has 0 aliphatic heterocycles. The zero-order valence-electron chi connectivity index (χ0n) is 8.90. The Bertz CT molecular complexity index is 294. The normalized spacial score (nSPS) is 14.6. The number of carbonyl (C=O) groups excluding carboxylic acids is 1. The zero-order chi connectivity index (χ0) is 11.3. The SMILES string of the molecule is COC(CN)C(=O)N[C@@H](C)c1ccco1. The highest BCUT2D eigenvalue weighted by molar-refractivity contribution is 5.81. The molecule has 1 heterocycles. The maximum absolute atomic E-state index is 11.6. The minimum absolute atomic E-state index is 0.160. The van der Waals surface area contributed by atoms with Crippen LogP contribution in [0.1, 0.15) is 18.7 Å². The fourth-order valence-corrected chi connectivity index (χ4v) is 1.23. The van der Waals surface area contributed by atoms with E-state index in [9.17, 15) is 4.79 Å². The van der Waals surface area contributed by atoms with E-state index in [-0.39, 0.29) is 18.5 Å². The molecule has 84 valence electrons. The molecule has 0 saturated carbocycles. The number of nitrogens with one attached hydrogen (secondary N) is 1. The average molecular weight is 212 g/mol. The van der Waals surface area contributed by atoms with Gasteiger partial charge in [-0.05, 0) is 19.1 Å². The molecular weight excluding hydrogens is 196 g/mol. The first-order valence-electron chi connectivity index (χ1n) is 4.75. The molecule has 0 bridgehead atoms. The Morgan fingerprint density at radius 3 is 2.93 bits per heavy atom. The first kappa shape index (κ1) is 11.7. The van der Waals surface area contributed by atoms with Crippen LogP contribution >= 0.6 is 0 Å². The van der Waals surface area contributed by atoms with Gasteiger partial charge in [0.05, 0.1) is 12.3 Å². The van der Waals surface area contributed by atoms with Crippen molar-refractivity contribution in [3.63, 3.8) is 0 Å². The Hall–Kier alpha value is -1.33. The van der Waals surface area contributed by atoms with Crippen molar-refractivity contribution in [1.82, 2.24) is 5.32 Å². The number of furan rings is 1. The van der Waals surface area contributed by atoms with Gasteiger partial charge in [-0.1, -0.05) is 0 Å². The predicted octanol–water partition coefficient (Wildman–Crippen LogP) is 0.431. The molecule has 15 heavy (non-hydrogen) atoms. The highest BCUT2D eigenvalue weighted by Crippen LogP contribution is 2.12. The number of methoxy groups -OCH3 is 1. The van der Waals surface area contributed by atoms with Gasteiger partial charge in [0.15, 0.2) is 0 Å². The number of carbonyl (C=O) groups is 1. The van der Waals surface area contributed by atoms with Crippen molar-refractivity contribution in [3.8, 4) is 0 Å². The van der Waals surface area contributed by atoms with Crippen molar-refractivity contribution in [1.29, 1.82) is 0 Å². The van der Waals surface area contributed by atoms with Crippen molar-refractivity contribution < 1.29 is 13.9 Å². The Labute approximate surface area is 88.6 Å². The molecule has 0 saturated heterocycles. The van der Waals surface area contributed by atoms with E-state index in [1.54, 1.807) is 18.4 Å². The van der Waals surface area contributed by atoms with E-state index in [0.717, 1.165) is 0 Å². The van der Waals surface area contributed by atoms with Crippen molar-refractivity contribution in [3.05, 3.63) is 24.2 Å². The van der Waals surface area contributed by atoms with Crippen LogP contribution in [0.25, 0.3) is 0 Å². The summed E-state index contributed by atoms with van der Waals surface area (Å²) in [5.41, 5.74) is 5.37. The zero-order valence-corrected chi connectivity index (χ0v) is 8.90. The highest BCUT2D eigenvalue weighted by Gasteiger charge is 2.19. The third-order valence-electron chi connectivity index (χ3n) is 2.12. The predicted molar refractivity (Wildman–Crippen MR) is 55.1 cm³/mol. The van der Waals surface area contributed by atoms with Gasteiger partial charge in [0.25, 0.3) is 5.91 Å². The first-order chi connectivity index (χ1) is 7.19. The molecule has 3 N–H and O–H groups in total. The molecule has 1 rings (SSSR count). The lowest BCUT2D eigenvalue weighted by molar-refractivity contribution is -0.131. The van der Waals surface area contributed by atoms with E-state index in [4.69, 9.17) is 14.9 Å². The number of hydrogen-bond donors (Lipinski definition) is 2. The maximum Gasteiger partial charge on any atom is 0.251 e. The third-order valence-corrected chi connectivity index (χ3v) is 2.12. The molecule has 0 aliphatic rings. The van der Waals surface area contributed by atoms with E-state index in [1.807, 2.05) is 6.92 Å². The molecule has 1 unspecified atom stereocenters. The summed E-state index contributed by atoms with van der Waals surface area (Å²) >= 11 is 0. The van der Waals surface area contributed by atoms with Gasteiger partial charge in [-0.15, -0.1) is 0 Å². The molecule has 1 aromatic heterocycles. The Morgan fingerprint density at radius 2 is 2.47 bits per heavy atom. The lowest BCUT2D eigenvalue weighted by Gasteiger charge is -2.16. The van der Waals surface area contributed by atoms with Crippen LogP contribution in [0.3, 0.4) is 0 Å². The summed E-state index contributed by atoms with van der Waals surface area (Å²) < 4.78 is 10.1. The van der Waals surface area contributed by atoms with Gasteiger partial charge >= 0.3 is 0 Å². The first-order valence-corrected chi connectivity index (χ1v) is 4.75. The highest BCUT2D eigenvalue weighted by atomic mass is 16.5. The second-order valence-electron chi connectivity index (χ2n) is 3.21. The second kappa shape index (κ2) is 5.53. The monoisotopic (exact) mass is 212 g/mol. The van der Waals surface area contributed by atoms with Crippen LogP contribution in [0.5, 0.6) is 0 Å². The lowest BCUT2D eigenvalue weighted by atomic mass is 10.2. The van der Waals surface area contributed by atoms with Crippen molar-refractivity contribution in [2.24, 2.45) is 5.73 Å². The van der Waals surface area contributed by atoms with Gasteiger partial charge in [0.2, 0.25) is 0 Å². The van der Waals surface area contributed by atoms with E-state index in [2.05, 4.69) is 5.32 Å². The van der Waals surface area contributed by atoms with Gasteiger partial charge < -0.3 is 20.2 Å². The van der Waals surface area contributed by atoms with E-state index in [1.165, 1.54) is 7.11 Å². The van der Waals surface area contributed by atoms with Crippen LogP contribution in [0.4, 0.5) is 0 Å². The van der Waals surface area contributed by atoms with E-state index < -0.39 is 6.10 Å². The van der Waals surface area contributed by atoms with Gasteiger partial charge in [0.1, 0.15) is 11.9 Å². The smallest absolute Gasteiger partial charge is 0.251 e. The molecule has 0 fully saturated rings.